The molecule has 0 aromatic heterocycles. The fourth-order valence-electron chi connectivity index (χ4n) is 3.74. The minimum absolute atomic E-state index is 0.145. The first-order valence-electron chi connectivity index (χ1n) is 9.65. The van der Waals surface area contributed by atoms with E-state index in [-0.39, 0.29) is 36.2 Å². The molecule has 2 saturated heterocycles. The highest BCUT2D eigenvalue weighted by molar-refractivity contribution is 6.48. The maximum atomic E-state index is 13.2. The van der Waals surface area contributed by atoms with Crippen LogP contribution < -0.4 is 0 Å². The van der Waals surface area contributed by atoms with E-state index in [0.29, 0.717) is 0 Å². The van der Waals surface area contributed by atoms with Crippen molar-refractivity contribution in [1.29, 1.82) is 0 Å². The van der Waals surface area contributed by atoms with E-state index in [2.05, 4.69) is 13.8 Å². The maximum absolute atomic E-state index is 13.2. The van der Waals surface area contributed by atoms with E-state index in [1.54, 1.807) is 0 Å². The lowest BCUT2D eigenvalue weighted by atomic mass is 9.59. The van der Waals surface area contributed by atoms with Gasteiger partial charge in [0.2, 0.25) is 5.91 Å². The summed E-state index contributed by atoms with van der Waals surface area (Å²) in [5, 5.41) is 0. The third-order valence-electron chi connectivity index (χ3n) is 6.24. The van der Waals surface area contributed by atoms with E-state index in [4.69, 9.17) is 14.0 Å². The third kappa shape index (κ3) is 3.65. The van der Waals surface area contributed by atoms with Crippen LogP contribution in [-0.4, -0.2) is 47.9 Å². The second-order valence-electron chi connectivity index (χ2n) is 9.33. The quantitative estimate of drug-likeness (QED) is 0.693. The molecule has 2 aliphatic heterocycles. The highest BCUT2D eigenvalue weighted by Crippen LogP contribution is 2.45. The van der Waals surface area contributed by atoms with Crippen LogP contribution in [0, 0.1) is 17.8 Å². The van der Waals surface area contributed by atoms with Crippen LogP contribution in [0.1, 0.15) is 62.3 Å². The Morgan fingerprint density at radius 1 is 1.08 bits per heavy atom. The van der Waals surface area contributed by atoms with Gasteiger partial charge in [-0.2, -0.15) is 0 Å². The Morgan fingerprint density at radius 3 is 2.00 bits per heavy atom. The van der Waals surface area contributed by atoms with Gasteiger partial charge in [0.15, 0.2) is 0 Å². The second kappa shape index (κ2) is 7.15. The number of hydrogen-bond acceptors (Lipinski definition) is 5. The van der Waals surface area contributed by atoms with E-state index in [1.807, 2.05) is 48.5 Å². The summed E-state index contributed by atoms with van der Waals surface area (Å²) in [5.41, 5.74) is -0.915. The van der Waals surface area contributed by atoms with E-state index in [9.17, 15) is 9.59 Å². The Morgan fingerprint density at radius 2 is 1.58 bits per heavy atom. The van der Waals surface area contributed by atoms with Crippen molar-refractivity contribution in [2.45, 2.75) is 85.4 Å². The van der Waals surface area contributed by atoms with Crippen molar-refractivity contribution in [3.8, 4) is 0 Å². The molecule has 26 heavy (non-hydrogen) atoms. The Kier molecular flexibility index (Phi) is 5.84. The van der Waals surface area contributed by atoms with Crippen molar-refractivity contribution in [3.05, 3.63) is 0 Å². The van der Waals surface area contributed by atoms with Gasteiger partial charge in [-0.3, -0.25) is 4.79 Å². The molecule has 0 N–H and O–H groups in total. The highest BCUT2D eigenvalue weighted by atomic mass is 16.7. The van der Waals surface area contributed by atoms with Crippen LogP contribution in [0.5, 0.6) is 0 Å². The number of nitrogens with zero attached hydrogens (tertiary/aromatic N) is 1. The number of ether oxygens (including phenoxy) is 1. The average Bonchev–Trinajstić information content (AvgIpc) is 2.95. The Balaban J connectivity index is 2.25. The minimum atomic E-state index is -0.544. The molecule has 0 aromatic rings. The van der Waals surface area contributed by atoms with E-state index < -0.39 is 30.3 Å². The summed E-state index contributed by atoms with van der Waals surface area (Å²) in [4.78, 5) is 26.7. The van der Waals surface area contributed by atoms with Gasteiger partial charge in [0, 0.05) is 11.7 Å². The molecule has 0 aliphatic carbocycles. The van der Waals surface area contributed by atoms with Crippen LogP contribution in [0.2, 0.25) is 5.82 Å². The first kappa shape index (κ1) is 21.2. The van der Waals surface area contributed by atoms with Gasteiger partial charge in [-0.25, -0.2) is 9.69 Å². The normalized spacial score (nSPS) is 27.2. The SMILES string of the molecule is CC(C)C(B1OC(C)(C)C(C)(C)O1)[C@@H](C)C(=O)N1C(=O)OC[C@@H]1C(C)C. The molecule has 3 atom stereocenters. The summed E-state index contributed by atoms with van der Waals surface area (Å²) >= 11 is 0. The molecule has 2 amide bonds. The number of imide groups is 1. The zero-order valence-electron chi connectivity index (χ0n) is 17.7. The van der Waals surface area contributed by atoms with Crippen LogP contribution in [0.3, 0.4) is 0 Å². The fourth-order valence-corrected chi connectivity index (χ4v) is 3.74. The summed E-state index contributed by atoms with van der Waals surface area (Å²) in [6.45, 7) is 18.2. The molecule has 2 heterocycles. The Bertz CT molecular complexity index is 544. The molecule has 0 saturated carbocycles. The summed E-state index contributed by atoms with van der Waals surface area (Å²) in [6, 6.07) is -0.219. The lowest BCUT2D eigenvalue weighted by molar-refractivity contribution is -0.134. The molecule has 2 rings (SSSR count). The number of hydrogen-bond donors (Lipinski definition) is 0. The number of cyclic esters (lactones) is 1. The molecule has 6 nitrogen and oxygen atoms in total. The minimum Gasteiger partial charge on any atom is -0.447 e. The Labute approximate surface area is 158 Å². The molecule has 2 aliphatic rings. The smallest absolute Gasteiger partial charge is 0.447 e. The molecular weight excluding hydrogens is 333 g/mol. The second-order valence-corrected chi connectivity index (χ2v) is 9.33. The predicted molar refractivity (Wildman–Crippen MR) is 101 cm³/mol. The van der Waals surface area contributed by atoms with E-state index >= 15 is 0 Å². The summed E-state index contributed by atoms with van der Waals surface area (Å²) in [6.07, 6.45) is -0.544. The molecule has 0 spiro atoms. The van der Waals surface area contributed by atoms with E-state index in [1.165, 1.54) is 4.90 Å². The molecule has 0 bridgehead atoms. The van der Waals surface area contributed by atoms with Gasteiger partial charge >= 0.3 is 13.2 Å². The standard InChI is InChI=1S/C19H34BNO5/c1-11(2)14-10-24-17(23)21(14)16(22)13(5)15(12(3)4)20-25-18(6,7)19(8,9)26-20/h11-15H,10H2,1-9H3/t13-,14-,15?/m1/s1. The number of rotatable bonds is 5. The first-order valence-corrected chi connectivity index (χ1v) is 9.65. The lowest BCUT2D eigenvalue weighted by Gasteiger charge is -2.32. The summed E-state index contributed by atoms with van der Waals surface area (Å²) < 4.78 is 17.6. The maximum Gasteiger partial charge on any atom is 0.462 e. The van der Waals surface area contributed by atoms with Gasteiger partial charge in [0.1, 0.15) is 6.61 Å². The monoisotopic (exact) mass is 367 g/mol. The van der Waals surface area contributed by atoms with Crippen molar-refractivity contribution >= 4 is 19.1 Å². The molecule has 1 unspecified atom stereocenters. The molecular formula is C19H34BNO5. The van der Waals surface area contributed by atoms with Crippen molar-refractivity contribution in [2.75, 3.05) is 6.61 Å². The van der Waals surface area contributed by atoms with Crippen LogP contribution in [-0.2, 0) is 18.8 Å². The zero-order valence-corrected chi connectivity index (χ0v) is 17.7. The van der Waals surface area contributed by atoms with Gasteiger partial charge in [-0.1, -0.05) is 34.6 Å². The molecule has 0 aromatic carbocycles. The summed E-state index contributed by atoms with van der Waals surface area (Å²) in [5.74, 6) is -0.493. The van der Waals surface area contributed by atoms with Crippen molar-refractivity contribution in [3.63, 3.8) is 0 Å². The largest absolute Gasteiger partial charge is 0.462 e. The van der Waals surface area contributed by atoms with Crippen LogP contribution in [0.4, 0.5) is 4.79 Å². The van der Waals surface area contributed by atoms with Crippen LogP contribution >= 0.6 is 0 Å². The number of amides is 2. The first-order chi connectivity index (χ1) is 11.8. The lowest BCUT2D eigenvalue weighted by Crippen LogP contribution is -2.47. The number of carbonyl (C=O) groups is 2. The molecule has 2 fully saturated rings. The van der Waals surface area contributed by atoms with Gasteiger partial charge in [-0.05, 0) is 39.5 Å². The van der Waals surface area contributed by atoms with Crippen molar-refractivity contribution < 1.29 is 23.6 Å². The molecule has 0 radical (unpaired) electrons. The van der Waals surface area contributed by atoms with E-state index in [0.717, 1.165) is 0 Å². The summed E-state index contributed by atoms with van der Waals surface area (Å²) in [7, 11) is -0.491. The third-order valence-corrected chi connectivity index (χ3v) is 6.24. The van der Waals surface area contributed by atoms with Gasteiger partial charge in [0.25, 0.3) is 0 Å². The topological polar surface area (TPSA) is 65.1 Å². The van der Waals surface area contributed by atoms with Crippen molar-refractivity contribution in [2.24, 2.45) is 17.8 Å². The van der Waals surface area contributed by atoms with Crippen LogP contribution in [0.25, 0.3) is 0 Å². The predicted octanol–water partition coefficient (Wildman–Crippen LogP) is 3.74. The average molecular weight is 367 g/mol. The fraction of sp³-hybridized carbons (Fsp3) is 0.895. The van der Waals surface area contributed by atoms with Gasteiger partial charge in [0.05, 0.1) is 17.2 Å². The zero-order chi connectivity index (χ0) is 20.0. The number of carbonyl (C=O) groups excluding carboxylic acids is 2. The highest BCUT2D eigenvalue weighted by Gasteiger charge is 2.56. The Hall–Kier alpha value is -1.08. The van der Waals surface area contributed by atoms with Gasteiger partial charge < -0.3 is 14.0 Å². The van der Waals surface area contributed by atoms with Crippen LogP contribution in [0.15, 0.2) is 0 Å². The molecule has 148 valence electrons. The molecule has 7 heteroatoms. The van der Waals surface area contributed by atoms with Gasteiger partial charge in [-0.15, -0.1) is 0 Å². The van der Waals surface area contributed by atoms with Crippen molar-refractivity contribution in [1.82, 2.24) is 4.90 Å².